The molecule has 0 spiro atoms. The second-order valence-electron chi connectivity index (χ2n) is 7.04. The Labute approximate surface area is 156 Å². The standard InChI is InChI=1S/C19H22N2O4S/c22-17(20-8-7-13-3-1-2-4-15(13)9-20)10-25-19(24)16-11-26-12-21(16)18(23)14-5-6-14/h1-4,14,16H,5-12H2/t16-/m1/s1. The monoisotopic (exact) mass is 374 g/mol. The van der Waals surface area contributed by atoms with Gasteiger partial charge in [0.05, 0.1) is 5.88 Å². The highest BCUT2D eigenvalue weighted by atomic mass is 32.2. The summed E-state index contributed by atoms with van der Waals surface area (Å²) in [7, 11) is 0. The van der Waals surface area contributed by atoms with Crippen LogP contribution in [-0.2, 0) is 32.1 Å². The average Bonchev–Trinajstić information content (AvgIpc) is 3.41. The number of nitrogens with zero attached hydrogens (tertiary/aromatic N) is 2. The van der Waals surface area contributed by atoms with Gasteiger partial charge < -0.3 is 14.5 Å². The molecule has 4 rings (SSSR count). The number of benzene rings is 1. The highest BCUT2D eigenvalue weighted by Gasteiger charge is 2.42. The number of esters is 1. The van der Waals surface area contributed by atoms with Crippen LogP contribution in [0.1, 0.15) is 24.0 Å². The third-order valence-electron chi connectivity index (χ3n) is 5.19. The summed E-state index contributed by atoms with van der Waals surface area (Å²) in [6.45, 7) is 0.935. The van der Waals surface area contributed by atoms with Crippen molar-refractivity contribution < 1.29 is 19.1 Å². The molecule has 2 aliphatic heterocycles. The van der Waals surface area contributed by atoms with Crippen LogP contribution in [0.15, 0.2) is 24.3 Å². The second kappa shape index (κ2) is 7.31. The first-order chi connectivity index (χ1) is 12.6. The number of ether oxygens (including phenoxy) is 1. The van der Waals surface area contributed by atoms with Crippen molar-refractivity contribution in [2.45, 2.75) is 31.8 Å². The average molecular weight is 374 g/mol. The van der Waals surface area contributed by atoms with Gasteiger partial charge in [-0.25, -0.2) is 4.79 Å². The van der Waals surface area contributed by atoms with Crippen molar-refractivity contribution in [1.82, 2.24) is 9.80 Å². The Morgan fingerprint density at radius 3 is 2.69 bits per heavy atom. The fraction of sp³-hybridized carbons (Fsp3) is 0.526. The van der Waals surface area contributed by atoms with Gasteiger partial charge in [0.2, 0.25) is 5.91 Å². The highest BCUT2D eigenvalue weighted by molar-refractivity contribution is 7.99. The van der Waals surface area contributed by atoms with E-state index in [-0.39, 0.29) is 24.3 Å². The summed E-state index contributed by atoms with van der Waals surface area (Å²) in [5, 5.41) is 0. The molecule has 3 aliphatic rings. The van der Waals surface area contributed by atoms with E-state index in [4.69, 9.17) is 4.74 Å². The zero-order valence-electron chi connectivity index (χ0n) is 14.6. The Balaban J connectivity index is 1.30. The normalized spacial score (nSPS) is 22.1. The number of carbonyl (C=O) groups excluding carboxylic acids is 3. The Hall–Kier alpha value is -2.02. The van der Waals surface area contributed by atoms with Crippen LogP contribution in [0, 0.1) is 5.92 Å². The summed E-state index contributed by atoms with van der Waals surface area (Å²) in [5.41, 5.74) is 2.41. The lowest BCUT2D eigenvalue weighted by Crippen LogP contribution is -2.45. The van der Waals surface area contributed by atoms with Gasteiger partial charge in [0.25, 0.3) is 5.91 Å². The number of amides is 2. The number of fused-ring (bicyclic) bond motifs is 1. The molecule has 1 aliphatic carbocycles. The van der Waals surface area contributed by atoms with E-state index in [0.29, 0.717) is 24.7 Å². The van der Waals surface area contributed by atoms with E-state index < -0.39 is 12.0 Å². The molecule has 1 aromatic carbocycles. The summed E-state index contributed by atoms with van der Waals surface area (Å²) in [4.78, 5) is 40.4. The van der Waals surface area contributed by atoms with Gasteiger partial charge in [0.1, 0.15) is 6.04 Å². The Morgan fingerprint density at radius 2 is 1.92 bits per heavy atom. The SMILES string of the molecule is O=C(OCC(=O)N1CCc2ccccc2C1)[C@H]1CSCN1C(=O)C1CC1. The molecule has 6 nitrogen and oxygen atoms in total. The molecule has 26 heavy (non-hydrogen) atoms. The van der Waals surface area contributed by atoms with Crippen LogP contribution < -0.4 is 0 Å². The second-order valence-corrected chi connectivity index (χ2v) is 8.04. The molecule has 0 radical (unpaired) electrons. The van der Waals surface area contributed by atoms with E-state index in [1.165, 1.54) is 5.56 Å². The number of carbonyl (C=O) groups is 3. The van der Waals surface area contributed by atoms with Gasteiger partial charge in [0, 0.05) is 24.8 Å². The van der Waals surface area contributed by atoms with E-state index in [2.05, 4.69) is 6.07 Å². The molecule has 2 heterocycles. The van der Waals surface area contributed by atoms with Gasteiger partial charge in [-0.05, 0) is 30.4 Å². The summed E-state index contributed by atoms with van der Waals surface area (Å²) in [6.07, 6.45) is 2.65. The predicted octanol–water partition coefficient (Wildman–Crippen LogP) is 1.43. The molecule has 138 valence electrons. The molecule has 7 heteroatoms. The topological polar surface area (TPSA) is 66.9 Å². The minimum Gasteiger partial charge on any atom is -0.454 e. The van der Waals surface area contributed by atoms with Crippen LogP contribution in [-0.4, -0.2) is 58.4 Å². The van der Waals surface area contributed by atoms with Crippen LogP contribution in [0.25, 0.3) is 0 Å². The maximum absolute atomic E-state index is 12.4. The number of hydrogen-bond donors (Lipinski definition) is 0. The van der Waals surface area contributed by atoms with Gasteiger partial charge in [-0.15, -0.1) is 11.8 Å². The van der Waals surface area contributed by atoms with E-state index >= 15 is 0 Å². The van der Waals surface area contributed by atoms with Crippen molar-refractivity contribution in [1.29, 1.82) is 0 Å². The maximum Gasteiger partial charge on any atom is 0.330 e. The van der Waals surface area contributed by atoms with Crippen molar-refractivity contribution in [2.24, 2.45) is 5.92 Å². The summed E-state index contributed by atoms with van der Waals surface area (Å²) < 4.78 is 5.27. The molecule has 1 aromatic rings. The number of rotatable bonds is 4. The molecule has 2 fully saturated rings. The zero-order valence-corrected chi connectivity index (χ0v) is 15.4. The van der Waals surface area contributed by atoms with Crippen molar-refractivity contribution >= 4 is 29.5 Å². The minimum atomic E-state index is -0.553. The molecule has 1 atom stereocenters. The lowest BCUT2D eigenvalue weighted by molar-refractivity contribution is -0.158. The first-order valence-corrected chi connectivity index (χ1v) is 10.2. The van der Waals surface area contributed by atoms with E-state index in [0.717, 1.165) is 24.8 Å². The molecule has 0 aromatic heterocycles. The molecule has 0 bridgehead atoms. The summed E-state index contributed by atoms with van der Waals surface area (Å²) >= 11 is 1.56. The van der Waals surface area contributed by atoms with Crippen LogP contribution >= 0.6 is 11.8 Å². The van der Waals surface area contributed by atoms with E-state index in [9.17, 15) is 14.4 Å². The fourth-order valence-electron chi connectivity index (χ4n) is 3.45. The van der Waals surface area contributed by atoms with Gasteiger partial charge in [0.15, 0.2) is 6.61 Å². The fourth-order valence-corrected chi connectivity index (χ4v) is 4.60. The third kappa shape index (κ3) is 3.58. The molecule has 0 N–H and O–H groups in total. The highest BCUT2D eigenvalue weighted by Crippen LogP contribution is 2.34. The molecule has 1 saturated carbocycles. The van der Waals surface area contributed by atoms with Gasteiger partial charge in [-0.3, -0.25) is 9.59 Å². The Bertz CT molecular complexity index is 734. The number of thioether (sulfide) groups is 1. The molecule has 2 amide bonds. The largest absolute Gasteiger partial charge is 0.454 e. The van der Waals surface area contributed by atoms with E-state index in [1.54, 1.807) is 21.6 Å². The summed E-state index contributed by atoms with van der Waals surface area (Å²) in [5.74, 6) is 0.567. The first kappa shape index (κ1) is 17.4. The first-order valence-electron chi connectivity index (χ1n) is 9.03. The minimum absolute atomic E-state index is 0.0518. The zero-order chi connectivity index (χ0) is 18.1. The molecular formula is C19H22N2O4S. The van der Waals surface area contributed by atoms with Crippen molar-refractivity contribution in [2.75, 3.05) is 24.8 Å². The van der Waals surface area contributed by atoms with Gasteiger partial charge >= 0.3 is 5.97 Å². The molecule has 1 saturated heterocycles. The number of hydrogen-bond acceptors (Lipinski definition) is 5. The smallest absolute Gasteiger partial charge is 0.330 e. The molecular weight excluding hydrogens is 352 g/mol. The lowest BCUT2D eigenvalue weighted by Gasteiger charge is -2.29. The van der Waals surface area contributed by atoms with Crippen molar-refractivity contribution in [3.63, 3.8) is 0 Å². The molecule has 0 unspecified atom stereocenters. The van der Waals surface area contributed by atoms with Crippen LogP contribution in [0.2, 0.25) is 0 Å². The Morgan fingerprint density at radius 1 is 1.15 bits per heavy atom. The summed E-state index contributed by atoms with van der Waals surface area (Å²) in [6, 6.07) is 7.53. The Kier molecular flexibility index (Phi) is 4.89. The van der Waals surface area contributed by atoms with Crippen LogP contribution in [0.5, 0.6) is 0 Å². The maximum atomic E-state index is 12.4. The quantitative estimate of drug-likeness (QED) is 0.746. The third-order valence-corrected chi connectivity index (χ3v) is 6.20. The van der Waals surface area contributed by atoms with Gasteiger partial charge in [-0.2, -0.15) is 0 Å². The van der Waals surface area contributed by atoms with Crippen molar-refractivity contribution in [3.8, 4) is 0 Å². The van der Waals surface area contributed by atoms with Crippen LogP contribution in [0.3, 0.4) is 0 Å². The van der Waals surface area contributed by atoms with E-state index in [1.807, 2.05) is 18.2 Å². The lowest BCUT2D eigenvalue weighted by atomic mass is 10.00. The predicted molar refractivity (Wildman–Crippen MR) is 97.2 cm³/mol. The van der Waals surface area contributed by atoms with Crippen LogP contribution in [0.4, 0.5) is 0 Å². The van der Waals surface area contributed by atoms with Gasteiger partial charge in [-0.1, -0.05) is 24.3 Å². The van der Waals surface area contributed by atoms with Crippen molar-refractivity contribution in [3.05, 3.63) is 35.4 Å².